The quantitative estimate of drug-likeness (QED) is 0.170. The van der Waals surface area contributed by atoms with Crippen LogP contribution in [0.3, 0.4) is 0 Å². The number of carbonyl (C=O) groups excluding carboxylic acids is 4. The number of nitrogens with one attached hydrogen (secondary N) is 2. The van der Waals surface area contributed by atoms with E-state index in [1.807, 2.05) is 48.6 Å². The summed E-state index contributed by atoms with van der Waals surface area (Å²) < 4.78 is 16.2. The minimum atomic E-state index is -0.905. The van der Waals surface area contributed by atoms with Gasteiger partial charge in [0.2, 0.25) is 5.91 Å². The lowest BCUT2D eigenvalue weighted by atomic mass is 9.76. The largest absolute Gasteiger partial charge is 0.489 e. The first-order chi connectivity index (χ1) is 23.5. The topological polar surface area (TPSA) is 120 Å². The number of Topliss-reactive ketones (excluding diaryl/α,β-unsaturated/α-hetero) is 1. The number of esters is 1. The zero-order chi connectivity index (χ0) is 35.0. The van der Waals surface area contributed by atoms with Crippen molar-refractivity contribution >= 4 is 23.8 Å². The summed E-state index contributed by atoms with van der Waals surface area (Å²) in [6.07, 6.45) is 7.15. The van der Waals surface area contributed by atoms with Gasteiger partial charge in [-0.05, 0) is 106 Å². The van der Waals surface area contributed by atoms with Crippen molar-refractivity contribution in [2.24, 2.45) is 11.8 Å². The Morgan fingerprint density at radius 3 is 2.22 bits per heavy atom. The molecule has 5 rings (SSSR count). The van der Waals surface area contributed by atoms with Gasteiger partial charge >= 0.3 is 12.1 Å². The van der Waals surface area contributed by atoms with Crippen molar-refractivity contribution in [1.29, 1.82) is 0 Å². The number of alkyl carbamates (subject to hydrolysis) is 1. The summed E-state index contributed by atoms with van der Waals surface area (Å²) in [5.74, 6) is -1.26. The summed E-state index contributed by atoms with van der Waals surface area (Å²) in [5, 5.41) is 6.08. The number of hydrogen-bond donors (Lipinski definition) is 2. The maximum atomic E-state index is 14.3. The summed E-state index contributed by atoms with van der Waals surface area (Å²) in [6, 6.07) is 21.6. The number of aryl methyl sites for hydroxylation is 1. The molecule has 4 atom stereocenters. The summed E-state index contributed by atoms with van der Waals surface area (Å²) in [6.45, 7) is 5.61. The highest BCUT2D eigenvalue weighted by Crippen LogP contribution is 2.33. The number of ketones is 1. The third-order valence-corrected chi connectivity index (χ3v) is 9.00. The van der Waals surface area contributed by atoms with E-state index in [0.717, 1.165) is 36.0 Å². The van der Waals surface area contributed by atoms with Gasteiger partial charge in [-0.1, -0.05) is 60.7 Å². The Hall–Kier alpha value is -4.92. The Morgan fingerprint density at radius 2 is 1.53 bits per heavy atom. The number of allylic oxidation sites excluding steroid dienone is 2. The van der Waals surface area contributed by atoms with Crippen molar-refractivity contribution in [3.8, 4) is 5.75 Å². The normalized spacial score (nSPS) is 19.1. The second-order valence-corrected chi connectivity index (χ2v) is 13.7. The summed E-state index contributed by atoms with van der Waals surface area (Å²) in [4.78, 5) is 52.7. The first kappa shape index (κ1) is 35.4. The maximum absolute atomic E-state index is 14.3. The van der Waals surface area contributed by atoms with Crippen molar-refractivity contribution in [3.05, 3.63) is 113 Å². The molecule has 2 aliphatic rings. The minimum absolute atomic E-state index is 0.0882. The molecule has 2 N–H and O–H groups in total. The Bertz CT molecular complexity index is 1660. The number of benzene rings is 3. The van der Waals surface area contributed by atoms with Gasteiger partial charge in [-0.3, -0.25) is 9.59 Å². The summed E-state index contributed by atoms with van der Waals surface area (Å²) in [7, 11) is 1.34. The smallest absolute Gasteiger partial charge is 0.408 e. The lowest BCUT2D eigenvalue weighted by Gasteiger charge is -2.33. The SMILES string of the molecule is COC(=O)c1ccc(COc2ccc(CC(NC(=O)OC(C)(C)C)C(=O)[C@H]3CC=CC[C@H]3C(=O)N[C@@H]3CCCc4ccccc43)cc2)cc1. The number of carbonyl (C=O) groups is 4. The van der Waals surface area contributed by atoms with E-state index in [9.17, 15) is 19.2 Å². The van der Waals surface area contributed by atoms with Gasteiger partial charge < -0.3 is 24.8 Å². The molecule has 0 aliphatic heterocycles. The van der Waals surface area contributed by atoms with E-state index >= 15 is 0 Å². The molecular weight excluding hydrogens is 620 g/mol. The van der Waals surface area contributed by atoms with Crippen molar-refractivity contribution in [3.63, 3.8) is 0 Å². The molecule has 0 saturated carbocycles. The number of rotatable bonds is 11. The van der Waals surface area contributed by atoms with Crippen LogP contribution in [-0.2, 0) is 38.5 Å². The van der Waals surface area contributed by atoms with E-state index in [1.54, 1.807) is 45.0 Å². The van der Waals surface area contributed by atoms with E-state index in [4.69, 9.17) is 14.2 Å². The first-order valence-electron chi connectivity index (χ1n) is 17.0. The van der Waals surface area contributed by atoms with Crippen LogP contribution in [-0.4, -0.2) is 42.5 Å². The average Bonchev–Trinajstić information content (AvgIpc) is 3.10. The second-order valence-electron chi connectivity index (χ2n) is 13.7. The lowest BCUT2D eigenvalue weighted by molar-refractivity contribution is -0.135. The molecule has 0 radical (unpaired) electrons. The van der Waals surface area contributed by atoms with E-state index in [1.165, 1.54) is 12.7 Å². The highest BCUT2D eigenvalue weighted by molar-refractivity contribution is 5.94. The molecule has 0 fully saturated rings. The molecule has 0 aromatic heterocycles. The number of ether oxygens (including phenoxy) is 3. The third kappa shape index (κ3) is 9.59. The first-order valence-corrected chi connectivity index (χ1v) is 17.0. The van der Waals surface area contributed by atoms with Crippen LogP contribution in [0.15, 0.2) is 84.9 Å². The van der Waals surface area contributed by atoms with E-state index in [0.29, 0.717) is 30.8 Å². The summed E-state index contributed by atoms with van der Waals surface area (Å²) in [5.41, 5.74) is 3.81. The van der Waals surface area contributed by atoms with Gasteiger partial charge in [0, 0.05) is 5.92 Å². The van der Waals surface area contributed by atoms with Crippen LogP contribution in [0.1, 0.15) is 85.1 Å². The predicted octanol–water partition coefficient (Wildman–Crippen LogP) is 6.83. The van der Waals surface area contributed by atoms with Crippen molar-refractivity contribution in [1.82, 2.24) is 10.6 Å². The van der Waals surface area contributed by atoms with Gasteiger partial charge in [-0.25, -0.2) is 9.59 Å². The van der Waals surface area contributed by atoms with Gasteiger partial charge in [0.15, 0.2) is 5.78 Å². The molecule has 258 valence electrons. The average molecular weight is 667 g/mol. The number of methoxy groups -OCH3 is 1. The third-order valence-electron chi connectivity index (χ3n) is 9.00. The Labute approximate surface area is 288 Å². The fourth-order valence-electron chi connectivity index (χ4n) is 6.51. The van der Waals surface area contributed by atoms with Crippen molar-refractivity contribution < 1.29 is 33.4 Å². The molecule has 9 heteroatoms. The lowest BCUT2D eigenvalue weighted by Crippen LogP contribution is -2.50. The van der Waals surface area contributed by atoms with E-state index in [2.05, 4.69) is 22.8 Å². The monoisotopic (exact) mass is 666 g/mol. The molecule has 0 bridgehead atoms. The van der Waals surface area contributed by atoms with Gasteiger partial charge in [0.25, 0.3) is 0 Å². The van der Waals surface area contributed by atoms with E-state index < -0.39 is 35.5 Å². The summed E-state index contributed by atoms with van der Waals surface area (Å²) >= 11 is 0. The number of amides is 2. The molecule has 0 spiro atoms. The van der Waals surface area contributed by atoms with Gasteiger partial charge in [-0.2, -0.15) is 0 Å². The molecule has 2 amide bonds. The van der Waals surface area contributed by atoms with Crippen LogP contribution in [0.25, 0.3) is 0 Å². The molecule has 0 heterocycles. The molecule has 49 heavy (non-hydrogen) atoms. The Morgan fingerprint density at radius 1 is 0.857 bits per heavy atom. The van der Waals surface area contributed by atoms with Gasteiger partial charge in [-0.15, -0.1) is 0 Å². The van der Waals surface area contributed by atoms with Crippen LogP contribution in [0.5, 0.6) is 5.75 Å². The van der Waals surface area contributed by atoms with Crippen LogP contribution in [0.4, 0.5) is 4.79 Å². The molecule has 3 aromatic carbocycles. The minimum Gasteiger partial charge on any atom is -0.489 e. The Kier molecular flexibility index (Phi) is 11.5. The molecule has 0 saturated heterocycles. The molecule has 9 nitrogen and oxygen atoms in total. The van der Waals surface area contributed by atoms with Crippen LogP contribution in [0, 0.1) is 11.8 Å². The molecule has 3 aromatic rings. The number of hydrogen-bond acceptors (Lipinski definition) is 7. The standard InChI is InChI=1S/C40H46N2O7/c1-40(2,3)49-39(46)42-35(24-26-18-22-30(23-19-26)48-25-27-16-20-29(21-17-27)38(45)47-4)36(43)32-13-7-8-14-33(32)37(44)41-34-15-9-11-28-10-5-6-12-31(28)34/h5-8,10,12,16-23,32-35H,9,11,13-15,24-25H2,1-4H3,(H,41,44)(H,42,46)/t32-,33+,34+,35?/m0/s1. The van der Waals surface area contributed by atoms with Crippen molar-refractivity contribution in [2.75, 3.05) is 7.11 Å². The van der Waals surface area contributed by atoms with Gasteiger partial charge in [0.1, 0.15) is 18.0 Å². The van der Waals surface area contributed by atoms with Crippen LogP contribution >= 0.6 is 0 Å². The fraction of sp³-hybridized carbons (Fsp3) is 0.400. The molecular formula is C40H46N2O7. The fourth-order valence-corrected chi connectivity index (χ4v) is 6.51. The Balaban J connectivity index is 1.28. The van der Waals surface area contributed by atoms with Crippen LogP contribution in [0.2, 0.25) is 0 Å². The van der Waals surface area contributed by atoms with Crippen LogP contribution < -0.4 is 15.4 Å². The van der Waals surface area contributed by atoms with E-state index in [-0.39, 0.29) is 24.2 Å². The highest BCUT2D eigenvalue weighted by atomic mass is 16.6. The zero-order valence-corrected chi connectivity index (χ0v) is 28.7. The second kappa shape index (κ2) is 16.0. The maximum Gasteiger partial charge on any atom is 0.408 e. The molecule has 2 aliphatic carbocycles. The molecule has 1 unspecified atom stereocenters. The number of fused-ring (bicyclic) bond motifs is 1. The van der Waals surface area contributed by atoms with Crippen molar-refractivity contribution in [2.45, 2.75) is 83.6 Å². The van der Waals surface area contributed by atoms with Gasteiger partial charge in [0.05, 0.1) is 30.7 Å². The zero-order valence-electron chi connectivity index (χ0n) is 28.7. The predicted molar refractivity (Wildman–Crippen MR) is 186 cm³/mol. The highest BCUT2D eigenvalue weighted by Gasteiger charge is 2.39.